The number of hydrogen-bond donors (Lipinski definition) is 2. The molecule has 0 unspecified atom stereocenters. The molecule has 0 spiro atoms. The minimum atomic E-state index is -0.820. The van der Waals surface area contributed by atoms with Gasteiger partial charge in [-0.25, -0.2) is 8.78 Å². The number of nitrogens with one attached hydrogen (secondary N) is 2. The zero-order valence-corrected chi connectivity index (χ0v) is 15.3. The Morgan fingerprint density at radius 2 is 1.64 bits per heavy atom. The van der Waals surface area contributed by atoms with E-state index in [-0.39, 0.29) is 10.7 Å². The SMILES string of the molecule is O=C(Nc1nnc(NCc2cccc3ccccc23)s1)c1cc(F)cc(F)c1. The van der Waals surface area contributed by atoms with E-state index in [1.807, 2.05) is 36.4 Å². The molecule has 0 atom stereocenters. The van der Waals surface area contributed by atoms with Gasteiger partial charge in [-0.05, 0) is 28.5 Å². The second-order valence-corrected chi connectivity index (χ2v) is 6.99. The molecule has 0 saturated heterocycles. The van der Waals surface area contributed by atoms with E-state index in [1.54, 1.807) is 0 Å². The third kappa shape index (κ3) is 3.96. The maximum absolute atomic E-state index is 13.2. The standard InChI is InChI=1S/C20H14F2N4OS/c21-15-8-14(9-16(22)10-15)18(27)24-20-26-25-19(28-20)23-11-13-6-3-5-12-4-1-2-7-17(12)13/h1-10H,11H2,(H,23,25)(H,24,26,27). The summed E-state index contributed by atoms with van der Waals surface area (Å²) in [6, 6.07) is 16.8. The van der Waals surface area contributed by atoms with Crippen molar-refractivity contribution in [1.29, 1.82) is 0 Å². The molecule has 0 aliphatic carbocycles. The summed E-state index contributed by atoms with van der Waals surface area (Å²) < 4.78 is 26.5. The number of fused-ring (bicyclic) bond motifs is 1. The van der Waals surface area contributed by atoms with Gasteiger partial charge in [0, 0.05) is 18.2 Å². The van der Waals surface area contributed by atoms with Crippen molar-refractivity contribution < 1.29 is 13.6 Å². The Hall–Kier alpha value is -3.39. The summed E-state index contributed by atoms with van der Waals surface area (Å²) in [5, 5.41) is 16.6. The Morgan fingerprint density at radius 3 is 2.46 bits per heavy atom. The van der Waals surface area contributed by atoms with E-state index in [4.69, 9.17) is 0 Å². The summed E-state index contributed by atoms with van der Waals surface area (Å²) in [6.07, 6.45) is 0. The van der Waals surface area contributed by atoms with Crippen LogP contribution in [0, 0.1) is 11.6 Å². The van der Waals surface area contributed by atoms with Gasteiger partial charge in [-0.3, -0.25) is 10.1 Å². The predicted octanol–water partition coefficient (Wildman–Crippen LogP) is 4.83. The van der Waals surface area contributed by atoms with E-state index in [9.17, 15) is 13.6 Å². The molecule has 1 amide bonds. The molecule has 5 nitrogen and oxygen atoms in total. The van der Waals surface area contributed by atoms with Gasteiger partial charge in [-0.1, -0.05) is 53.8 Å². The number of carbonyl (C=O) groups is 1. The van der Waals surface area contributed by atoms with E-state index < -0.39 is 17.5 Å². The van der Waals surface area contributed by atoms with Crippen LogP contribution in [0.5, 0.6) is 0 Å². The second kappa shape index (κ2) is 7.69. The van der Waals surface area contributed by atoms with Gasteiger partial charge >= 0.3 is 0 Å². The summed E-state index contributed by atoms with van der Waals surface area (Å²) in [5.74, 6) is -2.30. The number of hydrogen-bond acceptors (Lipinski definition) is 5. The Bertz CT molecular complexity index is 1140. The smallest absolute Gasteiger partial charge is 0.257 e. The fraction of sp³-hybridized carbons (Fsp3) is 0.0500. The molecule has 0 radical (unpaired) electrons. The van der Waals surface area contributed by atoms with E-state index >= 15 is 0 Å². The van der Waals surface area contributed by atoms with Crippen LogP contribution in [-0.2, 0) is 6.54 Å². The Kier molecular flexibility index (Phi) is 4.94. The molecule has 4 aromatic rings. The van der Waals surface area contributed by atoms with Crippen molar-refractivity contribution in [1.82, 2.24) is 10.2 Å². The fourth-order valence-electron chi connectivity index (χ4n) is 2.82. The first-order valence-corrected chi connectivity index (χ1v) is 9.21. The number of amides is 1. The van der Waals surface area contributed by atoms with E-state index in [0.29, 0.717) is 17.7 Å². The molecule has 0 saturated carbocycles. The minimum Gasteiger partial charge on any atom is -0.356 e. The van der Waals surface area contributed by atoms with Crippen LogP contribution in [0.2, 0.25) is 0 Å². The van der Waals surface area contributed by atoms with Gasteiger partial charge in [-0.2, -0.15) is 0 Å². The van der Waals surface area contributed by atoms with Crippen molar-refractivity contribution in [2.24, 2.45) is 0 Å². The third-order valence-electron chi connectivity index (χ3n) is 4.08. The molecule has 3 aromatic carbocycles. The van der Waals surface area contributed by atoms with E-state index in [1.165, 1.54) is 0 Å². The molecular weight excluding hydrogens is 382 g/mol. The van der Waals surface area contributed by atoms with Gasteiger partial charge in [0.2, 0.25) is 10.3 Å². The normalized spacial score (nSPS) is 10.8. The van der Waals surface area contributed by atoms with Crippen LogP contribution in [0.4, 0.5) is 19.0 Å². The first-order valence-electron chi connectivity index (χ1n) is 8.40. The summed E-state index contributed by atoms with van der Waals surface area (Å²) in [6.45, 7) is 0.541. The molecule has 0 aliphatic rings. The quantitative estimate of drug-likeness (QED) is 0.507. The topological polar surface area (TPSA) is 66.9 Å². The average Bonchev–Trinajstić information content (AvgIpc) is 3.13. The Morgan fingerprint density at radius 1 is 0.929 bits per heavy atom. The first-order chi connectivity index (χ1) is 13.6. The molecule has 1 aromatic heterocycles. The molecule has 1 heterocycles. The summed E-state index contributed by atoms with van der Waals surface area (Å²) in [4.78, 5) is 12.1. The molecule has 0 fully saturated rings. The van der Waals surface area contributed by atoms with Gasteiger partial charge < -0.3 is 5.32 Å². The molecule has 2 N–H and O–H groups in total. The van der Waals surface area contributed by atoms with Gasteiger partial charge in [0.1, 0.15) is 11.6 Å². The highest BCUT2D eigenvalue weighted by Gasteiger charge is 2.12. The predicted molar refractivity (Wildman–Crippen MR) is 105 cm³/mol. The van der Waals surface area contributed by atoms with Crippen LogP contribution in [0.15, 0.2) is 60.7 Å². The number of benzene rings is 3. The molecular formula is C20H14F2N4OS. The van der Waals surface area contributed by atoms with Crippen LogP contribution in [0.25, 0.3) is 10.8 Å². The van der Waals surface area contributed by atoms with Gasteiger partial charge in [0.25, 0.3) is 5.91 Å². The summed E-state index contributed by atoms with van der Waals surface area (Å²) >= 11 is 1.14. The Labute approximate surface area is 163 Å². The third-order valence-corrected chi connectivity index (χ3v) is 4.88. The zero-order valence-electron chi connectivity index (χ0n) is 14.4. The summed E-state index contributed by atoms with van der Waals surface area (Å²) in [5.41, 5.74) is 0.979. The molecule has 0 bridgehead atoms. The van der Waals surface area contributed by atoms with Crippen LogP contribution in [-0.4, -0.2) is 16.1 Å². The van der Waals surface area contributed by atoms with Crippen molar-refractivity contribution in [2.75, 3.05) is 10.6 Å². The minimum absolute atomic E-state index is 0.127. The first kappa shape index (κ1) is 18.0. The highest BCUT2D eigenvalue weighted by atomic mass is 32.1. The van der Waals surface area contributed by atoms with Gasteiger partial charge in [0.05, 0.1) is 0 Å². The van der Waals surface area contributed by atoms with Crippen molar-refractivity contribution in [2.45, 2.75) is 6.54 Å². The van der Waals surface area contributed by atoms with Crippen LogP contribution in [0.3, 0.4) is 0 Å². The van der Waals surface area contributed by atoms with Crippen LogP contribution in [0.1, 0.15) is 15.9 Å². The van der Waals surface area contributed by atoms with Crippen molar-refractivity contribution in [3.8, 4) is 0 Å². The molecule has 0 aliphatic heterocycles. The molecule has 140 valence electrons. The van der Waals surface area contributed by atoms with Crippen LogP contribution < -0.4 is 10.6 Å². The van der Waals surface area contributed by atoms with Gasteiger partial charge in [-0.15, -0.1) is 10.2 Å². The maximum atomic E-state index is 13.2. The van der Waals surface area contributed by atoms with E-state index in [2.05, 4.69) is 26.9 Å². The lowest BCUT2D eigenvalue weighted by Gasteiger charge is -2.06. The molecule has 4 rings (SSSR count). The lowest BCUT2D eigenvalue weighted by Crippen LogP contribution is -2.12. The monoisotopic (exact) mass is 396 g/mol. The highest BCUT2D eigenvalue weighted by molar-refractivity contribution is 7.19. The number of rotatable bonds is 5. The number of nitrogens with zero attached hydrogens (tertiary/aromatic N) is 2. The van der Waals surface area contributed by atoms with Crippen molar-refractivity contribution >= 4 is 38.3 Å². The maximum Gasteiger partial charge on any atom is 0.257 e. The largest absolute Gasteiger partial charge is 0.356 e. The average molecular weight is 396 g/mol. The second-order valence-electron chi connectivity index (χ2n) is 6.02. The molecule has 8 heteroatoms. The number of halogens is 2. The Balaban J connectivity index is 1.43. The molecule has 28 heavy (non-hydrogen) atoms. The summed E-state index contributed by atoms with van der Waals surface area (Å²) in [7, 11) is 0. The van der Waals surface area contributed by atoms with Crippen LogP contribution >= 0.6 is 11.3 Å². The van der Waals surface area contributed by atoms with Gasteiger partial charge in [0.15, 0.2) is 0 Å². The zero-order chi connectivity index (χ0) is 19.5. The number of aromatic nitrogens is 2. The number of anilines is 2. The van der Waals surface area contributed by atoms with Crippen molar-refractivity contribution in [3.63, 3.8) is 0 Å². The van der Waals surface area contributed by atoms with E-state index in [0.717, 1.165) is 39.8 Å². The van der Waals surface area contributed by atoms with Crippen molar-refractivity contribution in [3.05, 3.63) is 83.4 Å². The highest BCUT2D eigenvalue weighted by Crippen LogP contribution is 2.23. The number of carbonyl (C=O) groups excluding carboxylic acids is 1. The lowest BCUT2D eigenvalue weighted by atomic mass is 10.0. The lowest BCUT2D eigenvalue weighted by molar-refractivity contribution is 0.102. The fourth-order valence-corrected chi connectivity index (χ4v) is 3.45.